The summed E-state index contributed by atoms with van der Waals surface area (Å²) in [6, 6.07) is 14.1. The Morgan fingerprint density at radius 3 is 2.65 bits per heavy atom. The van der Waals surface area contributed by atoms with Crippen LogP contribution in [0.3, 0.4) is 0 Å². The van der Waals surface area contributed by atoms with Crippen LogP contribution in [0.25, 0.3) is 10.9 Å². The highest BCUT2D eigenvalue weighted by Gasteiger charge is 2.24. The van der Waals surface area contributed by atoms with Gasteiger partial charge in [0.1, 0.15) is 5.69 Å². The van der Waals surface area contributed by atoms with Crippen molar-refractivity contribution in [3.8, 4) is 0 Å². The van der Waals surface area contributed by atoms with Gasteiger partial charge in [-0.3, -0.25) is 0 Å². The van der Waals surface area contributed by atoms with Gasteiger partial charge in [-0.2, -0.15) is 0 Å². The summed E-state index contributed by atoms with van der Waals surface area (Å²) in [4.78, 5) is 16.2. The molecular formula is C17H14ClNO3S. The minimum Gasteiger partial charge on any atom is -0.461 e. The molecule has 2 aromatic carbocycles. The molecule has 0 bridgehead atoms. The fourth-order valence-electron chi connectivity index (χ4n) is 2.34. The minimum absolute atomic E-state index is 0.200. The Bertz CT molecular complexity index is 889. The van der Waals surface area contributed by atoms with Crippen LogP contribution >= 0.6 is 11.6 Å². The van der Waals surface area contributed by atoms with E-state index in [1.54, 1.807) is 49.4 Å². The maximum absolute atomic E-state index is 13.0. The van der Waals surface area contributed by atoms with Crippen molar-refractivity contribution in [3.63, 3.8) is 0 Å². The molecule has 3 aromatic rings. The molecule has 0 radical (unpaired) electrons. The first-order valence-corrected chi connectivity index (χ1v) is 8.59. The van der Waals surface area contributed by atoms with Crippen LogP contribution in [0.4, 0.5) is 0 Å². The highest BCUT2D eigenvalue weighted by molar-refractivity contribution is 7.85. The second-order valence-corrected chi connectivity index (χ2v) is 6.67. The van der Waals surface area contributed by atoms with E-state index >= 15 is 0 Å². The standard InChI is InChI=1S/C17H14ClNO3S/c1-2-22-17(20)15-16(23(21)12-6-4-3-5-7-12)13-10-11(18)8-9-14(13)19-15/h3-10,19H,2H2,1H3. The molecule has 3 rings (SSSR count). The summed E-state index contributed by atoms with van der Waals surface area (Å²) in [5, 5.41) is 1.17. The number of hydrogen-bond donors (Lipinski definition) is 1. The molecule has 0 aliphatic heterocycles. The van der Waals surface area contributed by atoms with Crippen molar-refractivity contribution in [1.29, 1.82) is 0 Å². The third-order valence-corrected chi connectivity index (χ3v) is 5.07. The molecule has 1 N–H and O–H groups in total. The van der Waals surface area contributed by atoms with Crippen molar-refractivity contribution in [2.45, 2.75) is 16.7 Å². The van der Waals surface area contributed by atoms with E-state index < -0.39 is 16.8 Å². The fourth-order valence-corrected chi connectivity index (χ4v) is 3.84. The van der Waals surface area contributed by atoms with Gasteiger partial charge in [0.2, 0.25) is 0 Å². The quantitative estimate of drug-likeness (QED) is 0.721. The van der Waals surface area contributed by atoms with Gasteiger partial charge in [-0.05, 0) is 37.3 Å². The molecule has 0 spiro atoms. The number of ether oxygens (including phenoxy) is 1. The maximum atomic E-state index is 13.0. The van der Waals surface area contributed by atoms with Crippen LogP contribution in [0, 0.1) is 0 Å². The lowest BCUT2D eigenvalue weighted by Crippen LogP contribution is -2.09. The maximum Gasteiger partial charge on any atom is 0.356 e. The molecule has 4 nitrogen and oxygen atoms in total. The number of rotatable bonds is 4. The van der Waals surface area contributed by atoms with Crippen LogP contribution < -0.4 is 0 Å². The van der Waals surface area contributed by atoms with Crippen molar-refractivity contribution in [2.75, 3.05) is 6.61 Å². The Labute approximate surface area is 140 Å². The van der Waals surface area contributed by atoms with Gasteiger partial charge in [0.15, 0.2) is 0 Å². The van der Waals surface area contributed by atoms with E-state index in [-0.39, 0.29) is 12.3 Å². The average Bonchev–Trinajstić information content (AvgIpc) is 2.94. The number of aromatic nitrogens is 1. The normalized spacial score (nSPS) is 12.3. The largest absolute Gasteiger partial charge is 0.461 e. The Hall–Kier alpha value is -2.11. The van der Waals surface area contributed by atoms with Gasteiger partial charge < -0.3 is 9.72 Å². The third kappa shape index (κ3) is 3.02. The molecule has 6 heteroatoms. The Kier molecular flexibility index (Phi) is 4.50. The van der Waals surface area contributed by atoms with Crippen molar-refractivity contribution in [2.24, 2.45) is 0 Å². The molecule has 1 aromatic heterocycles. The Morgan fingerprint density at radius 2 is 1.96 bits per heavy atom. The van der Waals surface area contributed by atoms with E-state index in [0.29, 0.717) is 25.7 Å². The number of H-pyrrole nitrogens is 1. The fraction of sp³-hybridized carbons (Fsp3) is 0.118. The second kappa shape index (κ2) is 6.56. The molecule has 118 valence electrons. The number of nitrogens with one attached hydrogen (secondary N) is 1. The highest BCUT2D eigenvalue weighted by Crippen LogP contribution is 2.31. The summed E-state index contributed by atoms with van der Waals surface area (Å²) >= 11 is 6.06. The number of halogens is 1. The van der Waals surface area contributed by atoms with Crippen LogP contribution in [0.15, 0.2) is 58.3 Å². The van der Waals surface area contributed by atoms with E-state index in [1.807, 2.05) is 6.07 Å². The smallest absolute Gasteiger partial charge is 0.356 e. The highest BCUT2D eigenvalue weighted by atomic mass is 35.5. The van der Waals surface area contributed by atoms with E-state index in [2.05, 4.69) is 4.98 Å². The minimum atomic E-state index is -1.52. The number of aromatic amines is 1. The molecule has 0 aliphatic carbocycles. The lowest BCUT2D eigenvalue weighted by atomic mass is 10.2. The third-order valence-electron chi connectivity index (χ3n) is 3.34. The van der Waals surface area contributed by atoms with E-state index in [4.69, 9.17) is 16.3 Å². The van der Waals surface area contributed by atoms with Gasteiger partial charge in [0, 0.05) is 20.8 Å². The van der Waals surface area contributed by atoms with Gasteiger partial charge in [0.05, 0.1) is 22.3 Å². The number of carbonyl (C=O) groups is 1. The molecule has 1 unspecified atom stereocenters. The van der Waals surface area contributed by atoms with E-state index in [1.165, 1.54) is 0 Å². The predicted molar refractivity (Wildman–Crippen MR) is 90.4 cm³/mol. The van der Waals surface area contributed by atoms with Crippen LogP contribution in [0.5, 0.6) is 0 Å². The molecule has 1 heterocycles. The summed E-state index contributed by atoms with van der Waals surface area (Å²) in [5.41, 5.74) is 0.892. The first kappa shape index (κ1) is 15.8. The number of fused-ring (bicyclic) bond motifs is 1. The average molecular weight is 348 g/mol. The van der Waals surface area contributed by atoms with Crippen LogP contribution in [0.1, 0.15) is 17.4 Å². The summed E-state index contributed by atoms with van der Waals surface area (Å²) in [6.07, 6.45) is 0. The molecule has 0 saturated carbocycles. The number of carbonyl (C=O) groups excluding carboxylic acids is 1. The molecule has 23 heavy (non-hydrogen) atoms. The predicted octanol–water partition coefficient (Wildman–Crippen LogP) is 4.16. The Morgan fingerprint density at radius 1 is 1.22 bits per heavy atom. The van der Waals surface area contributed by atoms with E-state index in [9.17, 15) is 9.00 Å². The van der Waals surface area contributed by atoms with Gasteiger partial charge in [0.25, 0.3) is 0 Å². The zero-order chi connectivity index (χ0) is 16.4. The second-order valence-electron chi connectivity index (χ2n) is 4.82. The van der Waals surface area contributed by atoms with Gasteiger partial charge >= 0.3 is 5.97 Å². The lowest BCUT2D eigenvalue weighted by molar-refractivity contribution is 0.0516. The number of esters is 1. The lowest BCUT2D eigenvalue weighted by Gasteiger charge is -2.05. The van der Waals surface area contributed by atoms with Crippen molar-refractivity contribution in [3.05, 3.63) is 59.2 Å². The summed E-state index contributed by atoms with van der Waals surface area (Å²) in [7, 11) is -1.52. The monoisotopic (exact) mass is 347 g/mol. The van der Waals surface area contributed by atoms with Crippen LogP contribution in [-0.2, 0) is 15.5 Å². The number of benzene rings is 2. The SMILES string of the molecule is CCOC(=O)c1[nH]c2ccc(Cl)cc2c1S(=O)c1ccccc1. The van der Waals surface area contributed by atoms with Gasteiger partial charge in [-0.25, -0.2) is 9.00 Å². The van der Waals surface area contributed by atoms with Gasteiger partial charge in [-0.1, -0.05) is 29.8 Å². The zero-order valence-corrected chi connectivity index (χ0v) is 13.9. The Balaban J connectivity index is 2.23. The van der Waals surface area contributed by atoms with Crippen LogP contribution in [0.2, 0.25) is 5.02 Å². The van der Waals surface area contributed by atoms with E-state index in [0.717, 1.165) is 0 Å². The zero-order valence-electron chi connectivity index (χ0n) is 12.3. The van der Waals surface area contributed by atoms with Crippen molar-refractivity contribution in [1.82, 2.24) is 4.98 Å². The first-order valence-electron chi connectivity index (χ1n) is 7.07. The molecule has 0 amide bonds. The molecular weight excluding hydrogens is 334 g/mol. The molecule has 0 fully saturated rings. The summed E-state index contributed by atoms with van der Waals surface area (Å²) in [6.45, 7) is 1.97. The molecule has 0 aliphatic rings. The molecule has 0 saturated heterocycles. The molecule has 1 atom stereocenters. The van der Waals surface area contributed by atoms with Gasteiger partial charge in [-0.15, -0.1) is 0 Å². The number of hydrogen-bond acceptors (Lipinski definition) is 3. The van der Waals surface area contributed by atoms with Crippen molar-refractivity contribution >= 4 is 39.3 Å². The summed E-state index contributed by atoms with van der Waals surface area (Å²) in [5.74, 6) is -0.529. The topological polar surface area (TPSA) is 59.2 Å². The van der Waals surface area contributed by atoms with Crippen LogP contribution in [-0.4, -0.2) is 21.8 Å². The summed E-state index contributed by atoms with van der Waals surface area (Å²) < 4.78 is 18.1. The first-order chi connectivity index (χ1) is 11.1. The van der Waals surface area contributed by atoms with Crippen molar-refractivity contribution < 1.29 is 13.7 Å².